The monoisotopic (exact) mass is 326 g/mol. The summed E-state index contributed by atoms with van der Waals surface area (Å²) in [6.45, 7) is 5.87. The minimum absolute atomic E-state index is 0.00715. The van der Waals surface area contributed by atoms with Gasteiger partial charge in [0.25, 0.3) is 0 Å². The summed E-state index contributed by atoms with van der Waals surface area (Å²) < 4.78 is 0. The van der Waals surface area contributed by atoms with E-state index >= 15 is 0 Å². The quantitative estimate of drug-likeness (QED) is 0.736. The summed E-state index contributed by atoms with van der Waals surface area (Å²) in [5, 5.41) is 0. The van der Waals surface area contributed by atoms with Gasteiger partial charge in [-0.05, 0) is 68.8 Å². The molecule has 0 saturated heterocycles. The van der Waals surface area contributed by atoms with Crippen LogP contribution in [0.3, 0.4) is 0 Å². The molecule has 2 fully saturated rings. The molecule has 0 heterocycles. The molecule has 3 heteroatoms. The SMILES string of the molecule is CC(=O)C1=CCC2C3CCC4=CC(=O)CCC4(C)C3CC(=O)C12C. The van der Waals surface area contributed by atoms with Gasteiger partial charge in [0.15, 0.2) is 11.6 Å². The van der Waals surface area contributed by atoms with Gasteiger partial charge in [-0.2, -0.15) is 0 Å². The van der Waals surface area contributed by atoms with E-state index in [4.69, 9.17) is 0 Å². The van der Waals surface area contributed by atoms with Crippen molar-refractivity contribution in [3.8, 4) is 0 Å². The van der Waals surface area contributed by atoms with E-state index in [0.29, 0.717) is 24.7 Å². The predicted octanol–water partition coefficient (Wildman–Crippen LogP) is 3.82. The predicted molar refractivity (Wildman–Crippen MR) is 91.2 cm³/mol. The summed E-state index contributed by atoms with van der Waals surface area (Å²) in [5.41, 5.74) is 1.44. The number of allylic oxidation sites excluding steroid dienone is 4. The maximum Gasteiger partial charge on any atom is 0.156 e. The van der Waals surface area contributed by atoms with Crippen LogP contribution in [0.5, 0.6) is 0 Å². The average Bonchev–Trinajstić information content (AvgIpc) is 2.88. The van der Waals surface area contributed by atoms with Crippen LogP contribution in [-0.2, 0) is 14.4 Å². The average molecular weight is 326 g/mol. The minimum Gasteiger partial charge on any atom is -0.299 e. The van der Waals surface area contributed by atoms with E-state index in [-0.39, 0.29) is 28.7 Å². The normalized spacial score (nSPS) is 44.2. The summed E-state index contributed by atoms with van der Waals surface area (Å²) in [6, 6.07) is 0. The Morgan fingerprint density at radius 1 is 1.17 bits per heavy atom. The first-order chi connectivity index (χ1) is 11.3. The highest BCUT2D eigenvalue weighted by atomic mass is 16.1. The molecule has 0 spiro atoms. The second-order valence-electron chi connectivity index (χ2n) is 8.71. The first-order valence-corrected chi connectivity index (χ1v) is 9.27. The Balaban J connectivity index is 1.74. The fourth-order valence-electron chi connectivity index (χ4n) is 6.38. The van der Waals surface area contributed by atoms with Gasteiger partial charge in [-0.15, -0.1) is 0 Å². The fraction of sp³-hybridized carbons (Fsp3) is 0.667. The summed E-state index contributed by atoms with van der Waals surface area (Å²) >= 11 is 0. The van der Waals surface area contributed by atoms with Crippen LogP contribution in [0.1, 0.15) is 59.3 Å². The Hall–Kier alpha value is -1.51. The van der Waals surface area contributed by atoms with Crippen LogP contribution in [-0.4, -0.2) is 17.3 Å². The maximum absolute atomic E-state index is 13.2. The first-order valence-electron chi connectivity index (χ1n) is 9.27. The third-order valence-corrected chi connectivity index (χ3v) is 7.80. The summed E-state index contributed by atoms with van der Waals surface area (Å²) in [5.74, 6) is 1.62. The molecule has 5 atom stereocenters. The zero-order chi connectivity index (χ0) is 17.3. The molecule has 0 bridgehead atoms. The zero-order valence-corrected chi connectivity index (χ0v) is 14.9. The van der Waals surface area contributed by atoms with Crippen LogP contribution >= 0.6 is 0 Å². The lowest BCUT2D eigenvalue weighted by Gasteiger charge is -2.56. The van der Waals surface area contributed by atoms with Gasteiger partial charge in [-0.25, -0.2) is 0 Å². The molecule has 0 aromatic carbocycles. The van der Waals surface area contributed by atoms with Gasteiger partial charge >= 0.3 is 0 Å². The molecule has 4 rings (SSSR count). The van der Waals surface area contributed by atoms with Gasteiger partial charge in [-0.1, -0.05) is 18.6 Å². The minimum atomic E-state index is -0.574. The number of rotatable bonds is 1. The largest absolute Gasteiger partial charge is 0.299 e. The molecule has 0 amide bonds. The van der Waals surface area contributed by atoms with Crippen molar-refractivity contribution in [2.75, 3.05) is 0 Å². The summed E-state index contributed by atoms with van der Waals surface area (Å²) in [6.07, 6.45) is 8.82. The molecular weight excluding hydrogens is 300 g/mol. The van der Waals surface area contributed by atoms with Crippen molar-refractivity contribution >= 4 is 17.3 Å². The second kappa shape index (κ2) is 5.00. The van der Waals surface area contributed by atoms with Crippen molar-refractivity contribution in [1.29, 1.82) is 0 Å². The molecule has 24 heavy (non-hydrogen) atoms. The standard InChI is InChI=1S/C21H26O3/c1-12(22)16-6-7-17-15-5-4-13-10-14(23)8-9-20(13,2)18(15)11-19(24)21(16,17)3/h6,10,15,17-18H,4-5,7-9,11H2,1-3H3. The topological polar surface area (TPSA) is 51.2 Å². The van der Waals surface area contributed by atoms with E-state index in [9.17, 15) is 14.4 Å². The van der Waals surface area contributed by atoms with E-state index in [1.807, 2.05) is 19.1 Å². The third-order valence-electron chi connectivity index (χ3n) is 7.80. The Bertz CT molecular complexity index is 713. The van der Waals surface area contributed by atoms with E-state index in [2.05, 4.69) is 6.92 Å². The molecule has 0 aliphatic heterocycles. The summed E-state index contributed by atoms with van der Waals surface area (Å²) in [7, 11) is 0. The molecule has 0 radical (unpaired) electrons. The van der Waals surface area contributed by atoms with Gasteiger partial charge in [0.2, 0.25) is 0 Å². The highest BCUT2D eigenvalue weighted by Crippen LogP contribution is 2.64. The summed E-state index contributed by atoms with van der Waals surface area (Å²) in [4.78, 5) is 37.1. The van der Waals surface area contributed by atoms with Crippen molar-refractivity contribution in [3.05, 3.63) is 23.3 Å². The lowest BCUT2D eigenvalue weighted by Crippen LogP contribution is -2.54. The van der Waals surface area contributed by atoms with Crippen LogP contribution < -0.4 is 0 Å². The van der Waals surface area contributed by atoms with E-state index in [1.54, 1.807) is 6.92 Å². The van der Waals surface area contributed by atoms with Crippen LogP contribution in [0.25, 0.3) is 0 Å². The number of ketones is 3. The Labute approximate surface area is 143 Å². The number of Topliss-reactive ketones (excluding diaryl/α,β-unsaturated/α-hetero) is 2. The Morgan fingerprint density at radius 3 is 2.62 bits per heavy atom. The van der Waals surface area contributed by atoms with Crippen LogP contribution in [0.15, 0.2) is 23.3 Å². The second-order valence-corrected chi connectivity index (χ2v) is 8.71. The lowest BCUT2D eigenvalue weighted by atomic mass is 9.46. The fourth-order valence-corrected chi connectivity index (χ4v) is 6.38. The number of carbonyl (C=O) groups excluding carboxylic acids is 3. The van der Waals surface area contributed by atoms with Gasteiger partial charge in [0.05, 0.1) is 5.41 Å². The zero-order valence-electron chi connectivity index (χ0n) is 14.9. The molecule has 0 N–H and O–H groups in total. The number of fused-ring (bicyclic) bond motifs is 5. The van der Waals surface area contributed by atoms with Gasteiger partial charge in [-0.3, -0.25) is 14.4 Å². The molecule has 4 aliphatic carbocycles. The smallest absolute Gasteiger partial charge is 0.156 e. The molecular formula is C21H26O3. The van der Waals surface area contributed by atoms with Gasteiger partial charge in [0.1, 0.15) is 5.78 Å². The van der Waals surface area contributed by atoms with Crippen molar-refractivity contribution < 1.29 is 14.4 Å². The molecule has 3 nitrogen and oxygen atoms in total. The van der Waals surface area contributed by atoms with E-state index < -0.39 is 5.41 Å². The van der Waals surface area contributed by atoms with Crippen molar-refractivity contribution in [2.24, 2.45) is 28.6 Å². The molecule has 5 unspecified atom stereocenters. The van der Waals surface area contributed by atoms with Gasteiger partial charge < -0.3 is 0 Å². The Morgan fingerprint density at radius 2 is 1.92 bits per heavy atom. The third kappa shape index (κ3) is 1.87. The molecule has 4 aliphatic rings. The first kappa shape index (κ1) is 16.0. The molecule has 0 aromatic rings. The number of hydrogen-bond acceptors (Lipinski definition) is 3. The number of carbonyl (C=O) groups is 3. The maximum atomic E-state index is 13.2. The molecule has 128 valence electrons. The van der Waals surface area contributed by atoms with Crippen LogP contribution in [0.2, 0.25) is 0 Å². The van der Waals surface area contributed by atoms with E-state index in [0.717, 1.165) is 31.3 Å². The van der Waals surface area contributed by atoms with E-state index in [1.165, 1.54) is 5.57 Å². The molecule has 2 saturated carbocycles. The lowest BCUT2D eigenvalue weighted by molar-refractivity contribution is -0.143. The van der Waals surface area contributed by atoms with Gasteiger partial charge in [0, 0.05) is 18.4 Å². The highest BCUT2D eigenvalue weighted by Gasteiger charge is 2.61. The van der Waals surface area contributed by atoms with Crippen molar-refractivity contribution in [3.63, 3.8) is 0 Å². The van der Waals surface area contributed by atoms with Crippen molar-refractivity contribution in [1.82, 2.24) is 0 Å². The number of hydrogen-bond donors (Lipinski definition) is 0. The van der Waals surface area contributed by atoms with Crippen LogP contribution in [0, 0.1) is 28.6 Å². The molecule has 0 aromatic heterocycles. The van der Waals surface area contributed by atoms with Crippen LogP contribution in [0.4, 0.5) is 0 Å². The van der Waals surface area contributed by atoms with Crippen molar-refractivity contribution in [2.45, 2.75) is 59.3 Å². The Kier molecular flexibility index (Phi) is 3.33. The highest BCUT2D eigenvalue weighted by molar-refractivity contribution is 6.04.